The third-order valence-electron chi connectivity index (χ3n) is 8.80. The van der Waals surface area contributed by atoms with Gasteiger partial charge in [0.15, 0.2) is 5.82 Å². The Morgan fingerprint density at radius 3 is 2.56 bits per heavy atom. The van der Waals surface area contributed by atoms with Crippen molar-refractivity contribution in [1.29, 1.82) is 0 Å². The molecule has 7 atom stereocenters. The van der Waals surface area contributed by atoms with Gasteiger partial charge in [0.25, 0.3) is 0 Å². The largest absolute Gasteiger partial charge is 0.393 e. The second kappa shape index (κ2) is 6.01. The number of hydrogen-bond donors (Lipinski definition) is 1. The predicted octanol–water partition coefficient (Wildman–Crippen LogP) is 5.04. The molecule has 4 aliphatic carbocycles. The zero-order valence-electron chi connectivity index (χ0n) is 16.9. The van der Waals surface area contributed by atoms with Gasteiger partial charge in [-0.1, -0.05) is 38.5 Å². The van der Waals surface area contributed by atoms with E-state index in [9.17, 15) is 5.11 Å². The van der Waals surface area contributed by atoms with Crippen LogP contribution in [0, 0.1) is 34.5 Å². The van der Waals surface area contributed by atoms with Gasteiger partial charge in [0.05, 0.1) is 6.10 Å². The molecule has 0 aliphatic heterocycles. The Hall–Kier alpha value is -1.48. The lowest BCUT2D eigenvalue weighted by Crippen LogP contribution is -2.52. The minimum Gasteiger partial charge on any atom is -0.393 e. The van der Waals surface area contributed by atoms with Crippen molar-refractivity contribution < 1.29 is 5.11 Å². The maximum Gasteiger partial charge on any atom is 0.155 e. The summed E-state index contributed by atoms with van der Waals surface area (Å²) in [6.07, 6.45) is 15.3. The van der Waals surface area contributed by atoms with Crippen LogP contribution >= 0.6 is 0 Å². The Labute approximate surface area is 163 Å². The molecule has 4 aliphatic rings. The zero-order chi connectivity index (χ0) is 18.8. The lowest BCUT2D eigenvalue weighted by molar-refractivity contribution is -0.0426. The van der Waals surface area contributed by atoms with Crippen molar-refractivity contribution in [3.63, 3.8) is 0 Å². The Balaban J connectivity index is 1.52. The van der Waals surface area contributed by atoms with Crippen LogP contribution in [0.1, 0.15) is 65.1 Å². The molecule has 27 heavy (non-hydrogen) atoms. The van der Waals surface area contributed by atoms with E-state index >= 15 is 0 Å². The first-order valence-electron chi connectivity index (χ1n) is 10.8. The van der Waals surface area contributed by atoms with Gasteiger partial charge in [-0.2, -0.15) is 0 Å². The second-order valence-corrected chi connectivity index (χ2v) is 10.0. The molecule has 1 N–H and O–H groups in total. The van der Waals surface area contributed by atoms with Gasteiger partial charge in [0.2, 0.25) is 0 Å². The molecule has 2 fully saturated rings. The molecule has 1 aromatic rings. The number of nitrogens with zero attached hydrogens (tertiary/aromatic N) is 2. The van der Waals surface area contributed by atoms with Gasteiger partial charge in [-0.3, -0.25) is 0 Å². The number of hydrogen-bond acceptors (Lipinski definition) is 3. The van der Waals surface area contributed by atoms with Crippen LogP contribution < -0.4 is 0 Å². The van der Waals surface area contributed by atoms with Crippen molar-refractivity contribution in [3.8, 4) is 0 Å². The van der Waals surface area contributed by atoms with Crippen molar-refractivity contribution in [1.82, 2.24) is 9.97 Å². The monoisotopic (exact) mass is 364 g/mol. The third kappa shape index (κ3) is 2.43. The molecule has 0 spiro atoms. The fraction of sp³-hybridized carbons (Fsp3) is 0.667. The molecule has 1 aromatic heterocycles. The molecule has 2 saturated carbocycles. The molecule has 0 amide bonds. The molecule has 2 unspecified atom stereocenters. The summed E-state index contributed by atoms with van der Waals surface area (Å²) in [5.41, 5.74) is 3.44. The number of allylic oxidation sites excluding steroid dienone is 3. The highest BCUT2D eigenvalue weighted by Gasteiger charge is 2.58. The average molecular weight is 365 g/mol. The molecule has 1 heterocycles. The van der Waals surface area contributed by atoms with Gasteiger partial charge in [-0.25, -0.2) is 9.97 Å². The number of aliphatic hydroxyl groups excluding tert-OH is 1. The molecule has 3 nitrogen and oxygen atoms in total. The average Bonchev–Trinajstić information content (AvgIpc) is 3.01. The summed E-state index contributed by atoms with van der Waals surface area (Å²) >= 11 is 0. The fourth-order valence-corrected chi connectivity index (χ4v) is 7.36. The van der Waals surface area contributed by atoms with Crippen LogP contribution in [0.4, 0.5) is 0 Å². The minimum absolute atomic E-state index is 0.128. The Kier molecular flexibility index (Phi) is 3.92. The summed E-state index contributed by atoms with van der Waals surface area (Å²) in [6, 6.07) is 1.91. The zero-order valence-corrected chi connectivity index (χ0v) is 16.9. The second-order valence-electron chi connectivity index (χ2n) is 10.0. The molecule has 5 rings (SSSR count). The first-order valence-corrected chi connectivity index (χ1v) is 10.8. The van der Waals surface area contributed by atoms with Crippen molar-refractivity contribution in [2.24, 2.45) is 34.5 Å². The van der Waals surface area contributed by atoms with Crippen molar-refractivity contribution in [2.75, 3.05) is 0 Å². The van der Waals surface area contributed by atoms with E-state index in [4.69, 9.17) is 0 Å². The van der Waals surface area contributed by atoms with Gasteiger partial charge in [-0.05, 0) is 84.7 Å². The van der Waals surface area contributed by atoms with Crippen LogP contribution in [-0.2, 0) is 0 Å². The van der Waals surface area contributed by atoms with E-state index in [1.807, 2.05) is 18.5 Å². The van der Waals surface area contributed by atoms with Crippen LogP contribution in [0.15, 0.2) is 36.2 Å². The molecule has 144 valence electrons. The molecule has 0 aromatic carbocycles. The highest BCUT2D eigenvalue weighted by atomic mass is 16.3. The van der Waals surface area contributed by atoms with Gasteiger partial charge in [0.1, 0.15) is 0 Å². The highest BCUT2D eigenvalue weighted by molar-refractivity contribution is 5.68. The summed E-state index contributed by atoms with van der Waals surface area (Å²) in [4.78, 5) is 9.18. The Morgan fingerprint density at radius 1 is 1.04 bits per heavy atom. The van der Waals surface area contributed by atoms with E-state index < -0.39 is 0 Å². The number of aromatic nitrogens is 2. The van der Waals surface area contributed by atoms with Gasteiger partial charge < -0.3 is 5.11 Å². The van der Waals surface area contributed by atoms with Crippen LogP contribution in [-0.4, -0.2) is 21.2 Å². The molecule has 0 radical (unpaired) electrons. The van der Waals surface area contributed by atoms with E-state index in [0.717, 1.165) is 43.3 Å². The van der Waals surface area contributed by atoms with Crippen LogP contribution in [0.2, 0.25) is 0 Å². The maximum absolute atomic E-state index is 10.2. The minimum atomic E-state index is -0.128. The van der Waals surface area contributed by atoms with Crippen molar-refractivity contribution in [3.05, 3.63) is 42.0 Å². The van der Waals surface area contributed by atoms with Crippen molar-refractivity contribution in [2.45, 2.75) is 65.4 Å². The molecular formula is C24H32N2O. The van der Waals surface area contributed by atoms with Crippen LogP contribution in [0.3, 0.4) is 0 Å². The molecule has 0 saturated heterocycles. The summed E-state index contributed by atoms with van der Waals surface area (Å²) < 4.78 is 0. The molecular weight excluding hydrogens is 332 g/mol. The van der Waals surface area contributed by atoms with Crippen LogP contribution in [0.5, 0.6) is 0 Å². The summed E-state index contributed by atoms with van der Waals surface area (Å²) in [7, 11) is 0. The first kappa shape index (κ1) is 17.6. The number of fused-ring (bicyclic) bond motifs is 5. The van der Waals surface area contributed by atoms with E-state index in [2.05, 4.69) is 42.9 Å². The SMILES string of the molecule is CC1C=C2CC(O)CC[C@]2(C)[C@H]2CC[C@]3(C)C(c4ncccn4)=CC[C@H]3[C@H]12. The summed E-state index contributed by atoms with van der Waals surface area (Å²) in [5, 5.41) is 10.2. The number of aliphatic hydroxyl groups is 1. The quantitative estimate of drug-likeness (QED) is 0.710. The normalized spacial score (nSPS) is 46.0. The van der Waals surface area contributed by atoms with Crippen molar-refractivity contribution >= 4 is 5.57 Å². The summed E-state index contributed by atoms with van der Waals surface area (Å²) in [6.45, 7) is 7.40. The van der Waals surface area contributed by atoms with E-state index in [0.29, 0.717) is 17.3 Å². The van der Waals surface area contributed by atoms with Crippen LogP contribution in [0.25, 0.3) is 5.57 Å². The summed E-state index contributed by atoms with van der Waals surface area (Å²) in [5.74, 6) is 3.70. The number of rotatable bonds is 1. The molecule has 0 bridgehead atoms. The van der Waals surface area contributed by atoms with E-state index in [-0.39, 0.29) is 11.5 Å². The van der Waals surface area contributed by atoms with Gasteiger partial charge in [0, 0.05) is 12.4 Å². The van der Waals surface area contributed by atoms with E-state index in [1.54, 1.807) is 5.57 Å². The smallest absolute Gasteiger partial charge is 0.155 e. The van der Waals surface area contributed by atoms with E-state index in [1.165, 1.54) is 18.4 Å². The standard InChI is InChI=1S/C24H32N2O/c1-15-13-16-14-17(27)7-9-23(16,2)19-8-10-24(3)18(21(15)19)5-6-20(24)22-25-11-4-12-26-22/h4,6,11-13,15,17-19,21,27H,5,7-10,14H2,1-3H3/t15?,17?,18-,19-,21-,23-,24-/m0/s1. The Morgan fingerprint density at radius 2 is 1.78 bits per heavy atom. The topological polar surface area (TPSA) is 46.0 Å². The Bertz CT molecular complexity index is 800. The maximum atomic E-state index is 10.2. The third-order valence-corrected chi connectivity index (χ3v) is 8.80. The lowest BCUT2D eigenvalue weighted by atomic mass is 9.45. The highest BCUT2D eigenvalue weighted by Crippen LogP contribution is 2.67. The first-order chi connectivity index (χ1) is 12.9. The fourth-order valence-electron chi connectivity index (χ4n) is 7.36. The van der Waals surface area contributed by atoms with Gasteiger partial charge >= 0.3 is 0 Å². The molecule has 3 heteroatoms. The lowest BCUT2D eigenvalue weighted by Gasteiger charge is -2.59. The predicted molar refractivity (Wildman–Crippen MR) is 108 cm³/mol. The van der Waals surface area contributed by atoms with Gasteiger partial charge in [-0.15, -0.1) is 0 Å².